The molecule has 0 bridgehead atoms. The Morgan fingerprint density at radius 2 is 2.07 bits per heavy atom. The molecule has 0 aliphatic rings. The molecular weight excluding hydrogens is 198 g/mol. The molecule has 0 unspecified atom stereocenters. The van der Waals surface area contributed by atoms with E-state index in [9.17, 15) is 9.59 Å². The van der Waals surface area contributed by atoms with Crippen LogP contribution in [0.25, 0.3) is 0 Å². The molecule has 15 heavy (non-hydrogen) atoms. The Bertz CT molecular complexity index is 375. The number of aliphatic carboxylic acids is 1. The highest BCUT2D eigenvalue weighted by Crippen LogP contribution is 2.23. The molecule has 0 radical (unpaired) electrons. The first-order valence-corrected chi connectivity index (χ1v) is 4.41. The van der Waals surface area contributed by atoms with Gasteiger partial charge in [0, 0.05) is 0 Å². The van der Waals surface area contributed by atoms with Crippen LogP contribution in [-0.4, -0.2) is 23.6 Å². The van der Waals surface area contributed by atoms with E-state index in [4.69, 9.17) is 9.84 Å². The largest absolute Gasteiger partial charge is 0.492 e. The molecule has 5 nitrogen and oxygen atoms in total. The van der Waals surface area contributed by atoms with Crippen molar-refractivity contribution in [1.82, 2.24) is 0 Å². The maximum Gasteiger partial charge on any atom is 0.394 e. The zero-order valence-electron chi connectivity index (χ0n) is 8.19. The Kier molecular flexibility index (Phi) is 3.68. The van der Waals surface area contributed by atoms with E-state index < -0.39 is 11.9 Å². The smallest absolute Gasteiger partial charge is 0.394 e. The number of amides is 1. The quantitative estimate of drug-likeness (QED) is 0.731. The fourth-order valence-electron chi connectivity index (χ4n) is 1.03. The summed E-state index contributed by atoms with van der Waals surface area (Å²) >= 11 is 0. The number of nitrogens with one attached hydrogen (secondary N) is 1. The number of rotatable bonds is 3. The van der Waals surface area contributed by atoms with E-state index in [1.165, 1.54) is 0 Å². The molecule has 0 aromatic heterocycles. The Morgan fingerprint density at radius 1 is 1.40 bits per heavy atom. The molecule has 1 rings (SSSR count). The van der Waals surface area contributed by atoms with Crippen molar-refractivity contribution < 1.29 is 19.4 Å². The monoisotopic (exact) mass is 209 g/mol. The van der Waals surface area contributed by atoms with Crippen molar-refractivity contribution in [1.29, 1.82) is 0 Å². The number of anilines is 1. The molecule has 5 heteroatoms. The summed E-state index contributed by atoms with van der Waals surface area (Å²) in [6.07, 6.45) is 0. The predicted molar refractivity (Wildman–Crippen MR) is 53.9 cm³/mol. The number of hydrogen-bond donors (Lipinski definition) is 2. The van der Waals surface area contributed by atoms with Gasteiger partial charge in [-0.1, -0.05) is 12.1 Å². The Balaban J connectivity index is 2.84. The first kappa shape index (κ1) is 11.0. The summed E-state index contributed by atoms with van der Waals surface area (Å²) in [4.78, 5) is 21.2. The number of hydrogen-bond acceptors (Lipinski definition) is 3. The zero-order valence-corrected chi connectivity index (χ0v) is 8.19. The fraction of sp³-hybridized carbons (Fsp3) is 0.200. The van der Waals surface area contributed by atoms with Crippen LogP contribution in [0.5, 0.6) is 5.75 Å². The van der Waals surface area contributed by atoms with Crippen molar-refractivity contribution in [3.63, 3.8) is 0 Å². The summed E-state index contributed by atoms with van der Waals surface area (Å²) in [5.41, 5.74) is 0.353. The summed E-state index contributed by atoms with van der Waals surface area (Å²) in [6.45, 7) is 2.25. The predicted octanol–water partition coefficient (Wildman–Crippen LogP) is 1.11. The molecule has 0 saturated carbocycles. The van der Waals surface area contributed by atoms with Crippen molar-refractivity contribution in [3.8, 4) is 5.75 Å². The topological polar surface area (TPSA) is 75.6 Å². The lowest BCUT2D eigenvalue weighted by molar-refractivity contribution is -0.147. The second-order valence-corrected chi connectivity index (χ2v) is 2.69. The highest BCUT2D eigenvalue weighted by atomic mass is 16.5. The normalized spacial score (nSPS) is 9.40. The van der Waals surface area contributed by atoms with Crippen LogP contribution in [0.4, 0.5) is 5.69 Å². The molecule has 1 amide bonds. The van der Waals surface area contributed by atoms with Crippen molar-refractivity contribution >= 4 is 17.6 Å². The maximum atomic E-state index is 10.9. The van der Waals surface area contributed by atoms with E-state index in [2.05, 4.69) is 5.32 Å². The number of ether oxygens (including phenoxy) is 1. The van der Waals surface area contributed by atoms with Crippen molar-refractivity contribution in [2.75, 3.05) is 11.9 Å². The minimum atomic E-state index is -1.53. The van der Waals surface area contributed by atoms with Gasteiger partial charge in [0.2, 0.25) is 0 Å². The molecule has 0 fully saturated rings. The van der Waals surface area contributed by atoms with Gasteiger partial charge in [-0.2, -0.15) is 0 Å². The Hall–Kier alpha value is -2.04. The molecule has 80 valence electrons. The molecule has 0 heterocycles. The van der Waals surface area contributed by atoms with Gasteiger partial charge < -0.3 is 15.2 Å². The second kappa shape index (κ2) is 4.99. The zero-order chi connectivity index (χ0) is 11.3. The molecule has 1 aromatic carbocycles. The van der Waals surface area contributed by atoms with Gasteiger partial charge in [0.15, 0.2) is 0 Å². The summed E-state index contributed by atoms with van der Waals surface area (Å²) in [6, 6.07) is 6.65. The minimum Gasteiger partial charge on any atom is -0.492 e. The molecule has 0 aliphatic carbocycles. The van der Waals surface area contributed by atoms with Crippen LogP contribution in [0.15, 0.2) is 24.3 Å². The summed E-state index contributed by atoms with van der Waals surface area (Å²) < 4.78 is 5.21. The van der Waals surface area contributed by atoms with E-state index in [0.29, 0.717) is 18.0 Å². The first-order valence-electron chi connectivity index (χ1n) is 4.41. The molecule has 2 N–H and O–H groups in total. The average molecular weight is 209 g/mol. The number of carbonyl (C=O) groups excluding carboxylic acids is 1. The lowest BCUT2D eigenvalue weighted by Crippen LogP contribution is -2.22. The van der Waals surface area contributed by atoms with Gasteiger partial charge in [-0.15, -0.1) is 0 Å². The lowest BCUT2D eigenvalue weighted by atomic mass is 10.3. The molecule has 0 atom stereocenters. The third-order valence-corrected chi connectivity index (χ3v) is 1.63. The van der Waals surface area contributed by atoms with Gasteiger partial charge in [0.25, 0.3) is 0 Å². The van der Waals surface area contributed by atoms with Crippen LogP contribution in [0.3, 0.4) is 0 Å². The minimum absolute atomic E-state index is 0.353. The molecule has 1 aromatic rings. The highest BCUT2D eigenvalue weighted by Gasteiger charge is 2.13. The van der Waals surface area contributed by atoms with Crippen molar-refractivity contribution in [2.45, 2.75) is 6.92 Å². The van der Waals surface area contributed by atoms with E-state index in [0.717, 1.165) is 0 Å². The van der Waals surface area contributed by atoms with E-state index >= 15 is 0 Å². The van der Waals surface area contributed by atoms with E-state index in [-0.39, 0.29) is 0 Å². The Labute approximate surface area is 86.7 Å². The lowest BCUT2D eigenvalue weighted by Gasteiger charge is -2.09. The summed E-state index contributed by atoms with van der Waals surface area (Å²) in [7, 11) is 0. The van der Waals surface area contributed by atoms with Gasteiger partial charge in [0.1, 0.15) is 5.75 Å². The number of benzene rings is 1. The van der Waals surface area contributed by atoms with Crippen molar-refractivity contribution in [2.24, 2.45) is 0 Å². The van der Waals surface area contributed by atoms with Gasteiger partial charge in [0.05, 0.1) is 12.3 Å². The maximum absolute atomic E-state index is 10.9. The fourth-order valence-corrected chi connectivity index (χ4v) is 1.03. The van der Waals surface area contributed by atoms with Crippen LogP contribution in [-0.2, 0) is 9.59 Å². The van der Waals surface area contributed by atoms with Gasteiger partial charge in [-0.05, 0) is 19.1 Å². The third kappa shape index (κ3) is 2.98. The van der Waals surface area contributed by atoms with Crippen LogP contribution < -0.4 is 10.1 Å². The highest BCUT2D eigenvalue weighted by molar-refractivity contribution is 6.36. The van der Waals surface area contributed by atoms with Crippen LogP contribution in [0.1, 0.15) is 6.92 Å². The average Bonchev–Trinajstić information content (AvgIpc) is 2.21. The van der Waals surface area contributed by atoms with E-state index in [1.54, 1.807) is 31.2 Å². The number of carboxylic acids is 1. The third-order valence-electron chi connectivity index (χ3n) is 1.63. The number of carboxylic acid groups (broad SMARTS) is 1. The molecule has 0 spiro atoms. The van der Waals surface area contributed by atoms with Gasteiger partial charge >= 0.3 is 11.9 Å². The second-order valence-electron chi connectivity index (χ2n) is 2.69. The van der Waals surface area contributed by atoms with Crippen LogP contribution >= 0.6 is 0 Å². The summed E-state index contributed by atoms with van der Waals surface area (Å²) in [5.74, 6) is -2.15. The SMILES string of the molecule is CCOc1ccccc1NC(=O)C(=O)O. The first-order chi connectivity index (χ1) is 7.15. The Morgan fingerprint density at radius 3 is 2.67 bits per heavy atom. The van der Waals surface area contributed by atoms with Crippen LogP contribution in [0.2, 0.25) is 0 Å². The molecule has 0 saturated heterocycles. The summed E-state index contributed by atoms with van der Waals surface area (Å²) in [5, 5.41) is 10.6. The van der Waals surface area contributed by atoms with E-state index in [1.807, 2.05) is 0 Å². The standard InChI is InChI=1S/C10H11NO4/c1-2-15-8-6-4-3-5-7(8)11-9(12)10(13)14/h3-6H,2H2,1H3,(H,11,12)(H,13,14). The van der Waals surface area contributed by atoms with Crippen LogP contribution in [0, 0.1) is 0 Å². The van der Waals surface area contributed by atoms with Gasteiger partial charge in [-0.3, -0.25) is 4.79 Å². The number of carbonyl (C=O) groups is 2. The van der Waals surface area contributed by atoms with Crippen molar-refractivity contribution in [3.05, 3.63) is 24.3 Å². The molecule has 0 aliphatic heterocycles. The van der Waals surface area contributed by atoms with Gasteiger partial charge in [-0.25, -0.2) is 4.79 Å². The molecular formula is C10H11NO4. The number of para-hydroxylation sites is 2.